The van der Waals surface area contributed by atoms with Crippen LogP contribution < -0.4 is 5.32 Å². The van der Waals surface area contributed by atoms with Crippen molar-refractivity contribution >= 4 is 23.1 Å². The molecule has 2 aromatic rings. The molecule has 0 bridgehead atoms. The Morgan fingerprint density at radius 1 is 1.59 bits per heavy atom. The fourth-order valence-corrected chi connectivity index (χ4v) is 1.99. The van der Waals surface area contributed by atoms with Gasteiger partial charge in [-0.1, -0.05) is 0 Å². The first-order valence-electron chi connectivity index (χ1n) is 4.80. The second-order valence-electron chi connectivity index (χ2n) is 3.34. The Morgan fingerprint density at radius 2 is 2.41 bits per heavy atom. The van der Waals surface area contributed by atoms with Crippen LogP contribution in [-0.2, 0) is 6.54 Å². The van der Waals surface area contributed by atoms with Gasteiger partial charge in [0.05, 0.1) is 6.20 Å². The smallest absolute Gasteiger partial charge is 0.339 e. The SMILES string of the molecule is O=C(O)c1cc(F)cnc1NCc1ccsc1. The van der Waals surface area contributed by atoms with Crippen molar-refractivity contribution in [2.75, 3.05) is 5.32 Å². The Balaban J connectivity index is 2.17. The normalized spacial score (nSPS) is 10.2. The van der Waals surface area contributed by atoms with E-state index in [4.69, 9.17) is 5.11 Å². The summed E-state index contributed by atoms with van der Waals surface area (Å²) in [6, 6.07) is 2.87. The van der Waals surface area contributed by atoms with E-state index in [0.717, 1.165) is 17.8 Å². The summed E-state index contributed by atoms with van der Waals surface area (Å²) >= 11 is 1.55. The van der Waals surface area contributed by atoms with Gasteiger partial charge in [0.25, 0.3) is 0 Å². The summed E-state index contributed by atoms with van der Waals surface area (Å²) in [4.78, 5) is 14.6. The highest BCUT2D eigenvalue weighted by molar-refractivity contribution is 7.07. The average molecular weight is 252 g/mol. The molecule has 2 aromatic heterocycles. The van der Waals surface area contributed by atoms with E-state index in [1.165, 1.54) is 0 Å². The van der Waals surface area contributed by atoms with Crippen molar-refractivity contribution in [2.45, 2.75) is 6.54 Å². The lowest BCUT2D eigenvalue weighted by molar-refractivity contribution is 0.0697. The highest BCUT2D eigenvalue weighted by Crippen LogP contribution is 2.15. The number of carboxylic acids is 1. The lowest BCUT2D eigenvalue weighted by Gasteiger charge is -2.07. The lowest BCUT2D eigenvalue weighted by atomic mass is 10.2. The number of thiophene rings is 1. The fraction of sp³-hybridized carbons (Fsp3) is 0.0909. The van der Waals surface area contributed by atoms with Crippen molar-refractivity contribution in [1.82, 2.24) is 4.98 Å². The molecule has 0 fully saturated rings. The number of pyridine rings is 1. The molecule has 0 amide bonds. The van der Waals surface area contributed by atoms with Crippen LogP contribution in [0.1, 0.15) is 15.9 Å². The monoisotopic (exact) mass is 252 g/mol. The highest BCUT2D eigenvalue weighted by Gasteiger charge is 2.12. The summed E-state index contributed by atoms with van der Waals surface area (Å²) in [7, 11) is 0. The molecule has 6 heteroatoms. The Hall–Kier alpha value is -1.95. The second kappa shape index (κ2) is 4.92. The third kappa shape index (κ3) is 2.79. The van der Waals surface area contributed by atoms with Gasteiger partial charge in [-0.05, 0) is 28.5 Å². The fourth-order valence-electron chi connectivity index (χ4n) is 1.32. The number of nitrogens with one attached hydrogen (secondary N) is 1. The predicted octanol–water partition coefficient (Wildman–Crippen LogP) is 2.59. The van der Waals surface area contributed by atoms with Gasteiger partial charge in [0.1, 0.15) is 17.2 Å². The van der Waals surface area contributed by atoms with E-state index < -0.39 is 11.8 Å². The van der Waals surface area contributed by atoms with Crippen molar-refractivity contribution in [2.24, 2.45) is 0 Å². The molecule has 0 unspecified atom stereocenters. The largest absolute Gasteiger partial charge is 0.478 e. The van der Waals surface area contributed by atoms with Gasteiger partial charge in [0.2, 0.25) is 0 Å². The zero-order valence-corrected chi connectivity index (χ0v) is 9.50. The highest BCUT2D eigenvalue weighted by atomic mass is 32.1. The molecular weight excluding hydrogens is 243 g/mol. The van der Waals surface area contributed by atoms with Crippen LogP contribution in [0.5, 0.6) is 0 Å². The van der Waals surface area contributed by atoms with E-state index in [0.29, 0.717) is 6.54 Å². The molecule has 88 valence electrons. The summed E-state index contributed by atoms with van der Waals surface area (Å²) in [6.07, 6.45) is 0.988. The van der Waals surface area contributed by atoms with Gasteiger partial charge in [0.15, 0.2) is 0 Å². The Bertz CT molecular complexity index is 528. The van der Waals surface area contributed by atoms with Gasteiger partial charge < -0.3 is 10.4 Å². The number of carbonyl (C=O) groups is 1. The summed E-state index contributed by atoms with van der Waals surface area (Å²) in [5.41, 5.74) is 0.859. The molecule has 0 aliphatic rings. The maximum absolute atomic E-state index is 12.9. The molecule has 0 saturated carbocycles. The molecule has 0 radical (unpaired) electrons. The summed E-state index contributed by atoms with van der Waals surface area (Å²) in [6.45, 7) is 0.461. The molecule has 4 nitrogen and oxygen atoms in total. The molecule has 0 aliphatic carbocycles. The summed E-state index contributed by atoms with van der Waals surface area (Å²) in [5, 5.41) is 15.6. The average Bonchev–Trinajstić information content (AvgIpc) is 2.80. The van der Waals surface area contributed by atoms with Gasteiger partial charge in [0, 0.05) is 6.54 Å². The van der Waals surface area contributed by atoms with Gasteiger partial charge in [-0.2, -0.15) is 11.3 Å². The number of halogens is 1. The maximum Gasteiger partial charge on any atom is 0.339 e. The van der Waals surface area contributed by atoms with Crippen LogP contribution in [0.3, 0.4) is 0 Å². The van der Waals surface area contributed by atoms with Gasteiger partial charge >= 0.3 is 5.97 Å². The van der Waals surface area contributed by atoms with Crippen molar-refractivity contribution in [3.63, 3.8) is 0 Å². The van der Waals surface area contributed by atoms with Crippen molar-refractivity contribution < 1.29 is 14.3 Å². The number of rotatable bonds is 4. The third-order valence-electron chi connectivity index (χ3n) is 2.12. The van der Waals surface area contributed by atoms with Crippen LogP contribution in [0.15, 0.2) is 29.1 Å². The lowest BCUT2D eigenvalue weighted by Crippen LogP contribution is -2.08. The molecular formula is C11H9FN2O2S. The third-order valence-corrected chi connectivity index (χ3v) is 2.86. The summed E-state index contributed by atoms with van der Waals surface area (Å²) < 4.78 is 12.9. The first kappa shape index (κ1) is 11.5. The molecule has 0 atom stereocenters. The van der Waals surface area contributed by atoms with Gasteiger partial charge in [-0.15, -0.1) is 0 Å². The van der Waals surface area contributed by atoms with E-state index in [2.05, 4.69) is 10.3 Å². The number of aromatic nitrogens is 1. The topological polar surface area (TPSA) is 62.2 Å². The number of anilines is 1. The van der Waals surface area contributed by atoms with Crippen LogP contribution in [0.2, 0.25) is 0 Å². The van der Waals surface area contributed by atoms with Crippen LogP contribution in [0.25, 0.3) is 0 Å². The first-order valence-corrected chi connectivity index (χ1v) is 5.75. The van der Waals surface area contributed by atoms with E-state index in [9.17, 15) is 9.18 Å². The molecule has 2 heterocycles. The molecule has 2 N–H and O–H groups in total. The Labute approximate surface area is 101 Å². The van der Waals surface area contributed by atoms with Gasteiger partial charge in [-0.25, -0.2) is 14.2 Å². The van der Waals surface area contributed by atoms with Crippen molar-refractivity contribution in [1.29, 1.82) is 0 Å². The molecule has 17 heavy (non-hydrogen) atoms. The molecule has 0 saturated heterocycles. The molecule has 0 aromatic carbocycles. The number of hydrogen-bond donors (Lipinski definition) is 2. The number of hydrogen-bond acceptors (Lipinski definition) is 4. The van der Waals surface area contributed by atoms with Crippen molar-refractivity contribution in [3.8, 4) is 0 Å². The van der Waals surface area contributed by atoms with E-state index in [-0.39, 0.29) is 11.4 Å². The minimum atomic E-state index is -1.20. The standard InChI is InChI=1S/C11H9FN2O2S/c12-8-3-9(11(15)16)10(14-5-8)13-4-7-1-2-17-6-7/h1-3,5-6H,4H2,(H,13,14)(H,15,16). The van der Waals surface area contributed by atoms with Crippen LogP contribution in [-0.4, -0.2) is 16.1 Å². The quantitative estimate of drug-likeness (QED) is 0.878. The van der Waals surface area contributed by atoms with Gasteiger partial charge in [-0.3, -0.25) is 0 Å². The Kier molecular flexibility index (Phi) is 3.34. The number of aromatic carboxylic acids is 1. The second-order valence-corrected chi connectivity index (χ2v) is 4.12. The first-order chi connectivity index (χ1) is 8.16. The zero-order valence-electron chi connectivity index (χ0n) is 8.68. The molecule has 0 spiro atoms. The van der Waals surface area contributed by atoms with Crippen LogP contribution in [0, 0.1) is 5.82 Å². The number of nitrogens with zero attached hydrogens (tertiary/aromatic N) is 1. The van der Waals surface area contributed by atoms with Crippen molar-refractivity contribution in [3.05, 3.63) is 46.0 Å². The minimum absolute atomic E-state index is 0.166. The zero-order chi connectivity index (χ0) is 12.3. The van der Waals surface area contributed by atoms with E-state index in [1.807, 2.05) is 16.8 Å². The molecule has 2 rings (SSSR count). The van der Waals surface area contributed by atoms with Crippen LogP contribution in [0.4, 0.5) is 10.2 Å². The predicted molar refractivity (Wildman–Crippen MR) is 62.8 cm³/mol. The van der Waals surface area contributed by atoms with E-state index >= 15 is 0 Å². The number of carboxylic acid groups (broad SMARTS) is 1. The Morgan fingerprint density at radius 3 is 3.06 bits per heavy atom. The van der Waals surface area contributed by atoms with Crippen LogP contribution >= 0.6 is 11.3 Å². The van der Waals surface area contributed by atoms with E-state index in [1.54, 1.807) is 11.3 Å². The minimum Gasteiger partial charge on any atom is -0.478 e. The summed E-state index contributed by atoms with van der Waals surface area (Å²) in [5.74, 6) is -1.70. The molecule has 0 aliphatic heterocycles. The maximum atomic E-state index is 12.9.